The molecule has 0 bridgehead atoms. The van der Waals surface area contributed by atoms with E-state index in [0.29, 0.717) is 36.0 Å². The third-order valence-corrected chi connectivity index (χ3v) is 3.20. The number of hydrogen-bond acceptors (Lipinski definition) is 5. The molecule has 0 radical (unpaired) electrons. The fourth-order valence-electron chi connectivity index (χ4n) is 1.95. The summed E-state index contributed by atoms with van der Waals surface area (Å²) in [7, 11) is 3.30. The summed E-state index contributed by atoms with van der Waals surface area (Å²) in [5.41, 5.74) is 5.95. The van der Waals surface area contributed by atoms with Crippen molar-refractivity contribution < 1.29 is 18.7 Å². The topological polar surface area (TPSA) is 77.9 Å². The Morgan fingerprint density at radius 2 is 2.05 bits per heavy atom. The summed E-state index contributed by atoms with van der Waals surface area (Å²) in [5.74, 6) is 1.77. The fraction of sp³-hybridized carbons (Fsp3) is 0.312. The van der Waals surface area contributed by atoms with Crippen LogP contribution in [0.5, 0.6) is 11.5 Å². The molecule has 0 saturated heterocycles. The van der Waals surface area contributed by atoms with Crippen LogP contribution >= 0.6 is 0 Å². The summed E-state index contributed by atoms with van der Waals surface area (Å²) < 4.78 is 16.0. The minimum atomic E-state index is -0.132. The molecule has 1 heterocycles. The van der Waals surface area contributed by atoms with Gasteiger partial charge in [-0.15, -0.1) is 0 Å². The molecule has 118 valence electrons. The minimum absolute atomic E-state index is 0.132. The highest BCUT2D eigenvalue weighted by atomic mass is 16.5. The van der Waals surface area contributed by atoms with Gasteiger partial charge in [0.2, 0.25) is 0 Å². The number of para-hydroxylation sites is 2. The van der Waals surface area contributed by atoms with Crippen molar-refractivity contribution in [2.45, 2.75) is 6.54 Å². The largest absolute Gasteiger partial charge is 0.493 e. The molecular formula is C16H20N2O4. The molecule has 22 heavy (non-hydrogen) atoms. The van der Waals surface area contributed by atoms with Gasteiger partial charge in [-0.3, -0.25) is 4.79 Å². The first kappa shape index (κ1) is 15.9. The van der Waals surface area contributed by atoms with Crippen molar-refractivity contribution in [3.8, 4) is 11.5 Å². The number of rotatable bonds is 7. The molecule has 6 nitrogen and oxygen atoms in total. The molecule has 2 N–H and O–H groups in total. The van der Waals surface area contributed by atoms with Gasteiger partial charge in [0.05, 0.1) is 25.8 Å². The van der Waals surface area contributed by atoms with Crippen LogP contribution in [-0.2, 0) is 6.54 Å². The van der Waals surface area contributed by atoms with E-state index in [1.165, 1.54) is 6.26 Å². The number of methoxy groups -OCH3 is 1. The highest BCUT2D eigenvalue weighted by Gasteiger charge is 2.14. The summed E-state index contributed by atoms with van der Waals surface area (Å²) in [6.45, 7) is 1.08. The lowest BCUT2D eigenvalue weighted by atomic mass is 10.2. The number of ether oxygens (including phenoxy) is 2. The zero-order valence-electron chi connectivity index (χ0n) is 12.7. The highest BCUT2D eigenvalue weighted by Crippen LogP contribution is 2.25. The molecular weight excluding hydrogens is 284 g/mol. The molecule has 1 aromatic heterocycles. The molecule has 0 unspecified atom stereocenters. The van der Waals surface area contributed by atoms with Crippen LogP contribution in [0.4, 0.5) is 0 Å². The lowest BCUT2D eigenvalue weighted by molar-refractivity contribution is 0.0772. The first-order chi connectivity index (χ1) is 10.7. The van der Waals surface area contributed by atoms with Gasteiger partial charge in [-0.05, 0) is 18.2 Å². The zero-order valence-corrected chi connectivity index (χ0v) is 12.7. The number of carbonyl (C=O) groups excluding carboxylic acids is 1. The van der Waals surface area contributed by atoms with Crippen molar-refractivity contribution in [3.63, 3.8) is 0 Å². The molecule has 1 amide bonds. The van der Waals surface area contributed by atoms with Crippen LogP contribution < -0.4 is 15.2 Å². The summed E-state index contributed by atoms with van der Waals surface area (Å²) in [6, 6.07) is 9.04. The number of nitrogens with zero attached hydrogens (tertiary/aromatic N) is 1. The Kier molecular flexibility index (Phi) is 5.43. The van der Waals surface area contributed by atoms with Gasteiger partial charge in [0.25, 0.3) is 5.91 Å². The molecule has 2 aromatic rings. The second-order valence-corrected chi connectivity index (χ2v) is 4.73. The minimum Gasteiger partial charge on any atom is -0.493 e. The van der Waals surface area contributed by atoms with Crippen molar-refractivity contribution >= 4 is 5.91 Å². The second kappa shape index (κ2) is 7.51. The lowest BCUT2D eigenvalue weighted by Gasteiger charge is -2.17. The maximum absolute atomic E-state index is 12.2. The number of amides is 1. The maximum Gasteiger partial charge on any atom is 0.256 e. The quantitative estimate of drug-likeness (QED) is 0.845. The van der Waals surface area contributed by atoms with Crippen LogP contribution in [0.2, 0.25) is 0 Å². The summed E-state index contributed by atoms with van der Waals surface area (Å²) >= 11 is 0. The third kappa shape index (κ3) is 3.79. The molecule has 2 rings (SSSR count). The van der Waals surface area contributed by atoms with Crippen molar-refractivity contribution in [1.29, 1.82) is 0 Å². The number of carbonyl (C=O) groups is 1. The predicted octanol–water partition coefficient (Wildman–Crippen LogP) is 1.90. The van der Waals surface area contributed by atoms with Gasteiger partial charge in [0.15, 0.2) is 11.5 Å². The van der Waals surface area contributed by atoms with E-state index in [4.69, 9.17) is 19.6 Å². The molecule has 0 fully saturated rings. The number of hydrogen-bond donors (Lipinski definition) is 1. The standard InChI is InChI=1S/C16H20N2O4/c1-18(16(19)12-9-13(10-17)22-11-12)7-8-21-15-6-4-3-5-14(15)20-2/h3-6,9,11H,7-8,10,17H2,1-2H3. The Bertz CT molecular complexity index is 624. The van der Waals surface area contributed by atoms with Gasteiger partial charge in [-0.2, -0.15) is 0 Å². The van der Waals surface area contributed by atoms with E-state index in [1.807, 2.05) is 24.3 Å². The van der Waals surface area contributed by atoms with Crippen LogP contribution in [0.25, 0.3) is 0 Å². The molecule has 6 heteroatoms. The molecule has 0 aliphatic rings. The summed E-state index contributed by atoms with van der Waals surface area (Å²) in [6.07, 6.45) is 1.42. The highest BCUT2D eigenvalue weighted by molar-refractivity contribution is 5.93. The molecule has 0 atom stereocenters. The Balaban J connectivity index is 1.87. The normalized spacial score (nSPS) is 10.3. The van der Waals surface area contributed by atoms with Gasteiger partial charge < -0.3 is 24.5 Å². The Hall–Kier alpha value is -2.47. The Morgan fingerprint density at radius 3 is 2.68 bits per heavy atom. The fourth-order valence-corrected chi connectivity index (χ4v) is 1.95. The van der Waals surface area contributed by atoms with Gasteiger partial charge >= 0.3 is 0 Å². The molecule has 0 aliphatic heterocycles. The monoisotopic (exact) mass is 304 g/mol. The van der Waals surface area contributed by atoms with Gasteiger partial charge in [0, 0.05) is 7.05 Å². The third-order valence-electron chi connectivity index (χ3n) is 3.20. The Labute approximate surface area is 129 Å². The maximum atomic E-state index is 12.2. The zero-order chi connectivity index (χ0) is 15.9. The van der Waals surface area contributed by atoms with Crippen molar-refractivity contribution in [2.75, 3.05) is 27.3 Å². The summed E-state index contributed by atoms with van der Waals surface area (Å²) in [4.78, 5) is 13.8. The van der Waals surface area contributed by atoms with E-state index >= 15 is 0 Å². The number of nitrogens with two attached hydrogens (primary N) is 1. The smallest absolute Gasteiger partial charge is 0.256 e. The van der Waals surface area contributed by atoms with E-state index in [-0.39, 0.29) is 12.5 Å². The van der Waals surface area contributed by atoms with Crippen molar-refractivity contribution in [3.05, 3.63) is 47.9 Å². The SMILES string of the molecule is COc1ccccc1OCCN(C)C(=O)c1coc(CN)c1. The van der Waals surface area contributed by atoms with Crippen LogP contribution in [0, 0.1) is 0 Å². The van der Waals surface area contributed by atoms with E-state index in [0.717, 1.165) is 0 Å². The number of benzene rings is 1. The van der Waals surface area contributed by atoms with E-state index in [1.54, 1.807) is 25.1 Å². The number of likely N-dealkylation sites (N-methyl/N-ethyl adjacent to an activating group) is 1. The van der Waals surface area contributed by atoms with Gasteiger partial charge in [-0.1, -0.05) is 12.1 Å². The average Bonchev–Trinajstić information content (AvgIpc) is 3.03. The van der Waals surface area contributed by atoms with Crippen LogP contribution in [-0.4, -0.2) is 38.1 Å². The molecule has 0 saturated carbocycles. The number of furan rings is 1. The van der Waals surface area contributed by atoms with Gasteiger partial charge in [-0.25, -0.2) is 0 Å². The Morgan fingerprint density at radius 1 is 1.32 bits per heavy atom. The first-order valence-corrected chi connectivity index (χ1v) is 6.94. The van der Waals surface area contributed by atoms with Crippen LogP contribution in [0.15, 0.2) is 41.0 Å². The second-order valence-electron chi connectivity index (χ2n) is 4.73. The average molecular weight is 304 g/mol. The van der Waals surface area contributed by atoms with Crippen molar-refractivity contribution in [2.24, 2.45) is 5.73 Å². The van der Waals surface area contributed by atoms with Crippen LogP contribution in [0.3, 0.4) is 0 Å². The molecule has 0 spiro atoms. The molecule has 1 aromatic carbocycles. The lowest BCUT2D eigenvalue weighted by Crippen LogP contribution is -2.30. The van der Waals surface area contributed by atoms with E-state index < -0.39 is 0 Å². The van der Waals surface area contributed by atoms with Gasteiger partial charge in [0.1, 0.15) is 18.6 Å². The first-order valence-electron chi connectivity index (χ1n) is 6.94. The molecule has 0 aliphatic carbocycles. The summed E-state index contributed by atoms with van der Waals surface area (Å²) in [5, 5.41) is 0. The van der Waals surface area contributed by atoms with E-state index in [9.17, 15) is 4.79 Å². The van der Waals surface area contributed by atoms with Crippen LogP contribution in [0.1, 0.15) is 16.1 Å². The van der Waals surface area contributed by atoms with Crippen molar-refractivity contribution in [1.82, 2.24) is 4.90 Å². The van der Waals surface area contributed by atoms with E-state index in [2.05, 4.69) is 0 Å². The predicted molar refractivity (Wildman–Crippen MR) is 82.0 cm³/mol.